The summed E-state index contributed by atoms with van der Waals surface area (Å²) in [5, 5.41) is 10.3. The molecule has 0 spiro atoms. The van der Waals surface area contributed by atoms with Crippen LogP contribution in [0.5, 0.6) is 5.75 Å². The Labute approximate surface area is 100 Å². The molecule has 5 heteroatoms. The maximum absolute atomic E-state index is 13.1. The fourth-order valence-corrected chi connectivity index (χ4v) is 2.53. The highest BCUT2D eigenvalue weighted by molar-refractivity contribution is 7.21. The molecule has 1 aromatic carbocycles. The van der Waals surface area contributed by atoms with Crippen molar-refractivity contribution in [2.45, 2.75) is 0 Å². The van der Waals surface area contributed by atoms with Crippen LogP contribution in [0.25, 0.3) is 20.8 Å². The van der Waals surface area contributed by atoms with E-state index in [0.29, 0.717) is 10.6 Å². The molecule has 0 aliphatic rings. The van der Waals surface area contributed by atoms with Gasteiger partial charge in [0.1, 0.15) is 22.1 Å². The minimum absolute atomic E-state index is 0.0263. The van der Waals surface area contributed by atoms with Crippen molar-refractivity contribution in [3.05, 3.63) is 42.5 Å². The minimum Gasteiger partial charge on any atom is -0.507 e. The van der Waals surface area contributed by atoms with Crippen molar-refractivity contribution in [2.24, 2.45) is 0 Å². The first kappa shape index (κ1) is 10.2. The van der Waals surface area contributed by atoms with Crippen LogP contribution in [0.4, 0.5) is 4.39 Å². The van der Waals surface area contributed by atoms with Gasteiger partial charge in [0.25, 0.3) is 0 Å². The van der Waals surface area contributed by atoms with Gasteiger partial charge in [-0.2, -0.15) is 0 Å². The third-order valence-electron chi connectivity index (χ3n) is 2.38. The van der Waals surface area contributed by atoms with E-state index >= 15 is 0 Å². The Kier molecular flexibility index (Phi) is 2.26. The van der Waals surface area contributed by atoms with Crippen LogP contribution in [0.15, 0.2) is 36.7 Å². The second-order valence-corrected chi connectivity index (χ2v) is 4.55. The maximum Gasteiger partial charge on any atom is 0.128 e. The number of aromatic hydroxyl groups is 1. The lowest BCUT2D eigenvalue weighted by Gasteiger charge is -1.99. The van der Waals surface area contributed by atoms with Gasteiger partial charge in [0, 0.05) is 6.20 Å². The molecule has 17 heavy (non-hydrogen) atoms. The second-order valence-electron chi connectivity index (χ2n) is 3.52. The predicted octanol–water partition coefficient (Wildman–Crippen LogP) is 3.20. The number of hydrogen-bond donors (Lipinski definition) is 1. The van der Waals surface area contributed by atoms with Crippen LogP contribution in [0.2, 0.25) is 0 Å². The Hall–Kier alpha value is -2.01. The van der Waals surface area contributed by atoms with Gasteiger partial charge in [-0.05, 0) is 24.3 Å². The molecule has 0 aliphatic heterocycles. The van der Waals surface area contributed by atoms with Gasteiger partial charge in [0.05, 0.1) is 16.5 Å². The Balaban J connectivity index is 2.23. The zero-order valence-corrected chi connectivity index (χ0v) is 9.41. The van der Waals surface area contributed by atoms with E-state index in [-0.39, 0.29) is 5.75 Å². The smallest absolute Gasteiger partial charge is 0.128 e. The first-order valence-electron chi connectivity index (χ1n) is 4.93. The van der Waals surface area contributed by atoms with Crippen LogP contribution in [-0.4, -0.2) is 15.1 Å². The van der Waals surface area contributed by atoms with Crippen molar-refractivity contribution in [1.82, 2.24) is 9.97 Å². The number of halogens is 1. The van der Waals surface area contributed by atoms with E-state index in [9.17, 15) is 9.50 Å². The highest BCUT2D eigenvalue weighted by Gasteiger charge is 2.11. The van der Waals surface area contributed by atoms with Crippen molar-refractivity contribution >= 4 is 21.6 Å². The molecule has 84 valence electrons. The van der Waals surface area contributed by atoms with Crippen LogP contribution < -0.4 is 0 Å². The minimum atomic E-state index is -0.393. The molecule has 0 aliphatic carbocycles. The number of phenolic OH excluding ortho intramolecular Hbond substituents is 1. The van der Waals surface area contributed by atoms with Gasteiger partial charge in [-0.1, -0.05) is 0 Å². The number of nitrogens with zero attached hydrogens (tertiary/aromatic N) is 2. The lowest BCUT2D eigenvalue weighted by Crippen LogP contribution is -1.80. The molecule has 0 amide bonds. The quantitative estimate of drug-likeness (QED) is 0.717. The van der Waals surface area contributed by atoms with Crippen molar-refractivity contribution in [3.8, 4) is 16.3 Å². The fourth-order valence-electron chi connectivity index (χ4n) is 1.57. The van der Waals surface area contributed by atoms with Gasteiger partial charge < -0.3 is 5.11 Å². The highest BCUT2D eigenvalue weighted by Crippen LogP contribution is 2.35. The van der Waals surface area contributed by atoms with Crippen LogP contribution in [0, 0.1) is 5.82 Å². The summed E-state index contributed by atoms with van der Waals surface area (Å²) in [7, 11) is 0. The zero-order valence-electron chi connectivity index (χ0n) is 8.59. The molecule has 0 saturated heterocycles. The zero-order chi connectivity index (χ0) is 11.8. The highest BCUT2D eigenvalue weighted by atomic mass is 32.1. The van der Waals surface area contributed by atoms with Crippen molar-refractivity contribution in [1.29, 1.82) is 0 Å². The van der Waals surface area contributed by atoms with E-state index in [0.717, 1.165) is 10.2 Å². The molecule has 2 heterocycles. The SMILES string of the molecule is Oc1ccc(F)cc1-c1nc2cnccc2s1. The average Bonchev–Trinajstić information content (AvgIpc) is 2.75. The molecule has 3 nitrogen and oxygen atoms in total. The normalized spacial score (nSPS) is 10.9. The monoisotopic (exact) mass is 246 g/mol. The van der Waals surface area contributed by atoms with E-state index in [2.05, 4.69) is 9.97 Å². The molecular weight excluding hydrogens is 239 g/mol. The molecule has 0 fully saturated rings. The van der Waals surface area contributed by atoms with E-state index in [1.54, 1.807) is 12.4 Å². The Morgan fingerprint density at radius 1 is 1.24 bits per heavy atom. The largest absolute Gasteiger partial charge is 0.507 e. The number of pyridine rings is 1. The number of aromatic nitrogens is 2. The van der Waals surface area contributed by atoms with Crippen LogP contribution >= 0.6 is 11.3 Å². The molecule has 0 bridgehead atoms. The lowest BCUT2D eigenvalue weighted by atomic mass is 10.2. The summed E-state index contributed by atoms with van der Waals surface area (Å²) in [6.07, 6.45) is 3.32. The summed E-state index contributed by atoms with van der Waals surface area (Å²) in [4.78, 5) is 8.28. The number of thiazole rings is 1. The van der Waals surface area contributed by atoms with E-state index < -0.39 is 5.82 Å². The summed E-state index contributed by atoms with van der Waals surface area (Å²) in [6.45, 7) is 0. The molecular formula is C12H7FN2OS. The number of benzene rings is 1. The van der Waals surface area contributed by atoms with Crippen LogP contribution in [0.3, 0.4) is 0 Å². The summed E-state index contributed by atoms with van der Waals surface area (Å²) < 4.78 is 14.1. The van der Waals surface area contributed by atoms with Gasteiger partial charge in [-0.25, -0.2) is 9.37 Å². The average molecular weight is 246 g/mol. The molecule has 2 aromatic heterocycles. The van der Waals surface area contributed by atoms with E-state index in [1.165, 1.54) is 29.5 Å². The first-order chi connectivity index (χ1) is 8.24. The number of rotatable bonds is 1. The third-order valence-corrected chi connectivity index (χ3v) is 3.45. The molecule has 1 N–H and O–H groups in total. The maximum atomic E-state index is 13.1. The van der Waals surface area contributed by atoms with E-state index in [4.69, 9.17) is 0 Å². The van der Waals surface area contributed by atoms with Gasteiger partial charge in [-0.15, -0.1) is 11.3 Å². The van der Waals surface area contributed by atoms with Gasteiger partial charge in [0.15, 0.2) is 0 Å². The summed E-state index contributed by atoms with van der Waals surface area (Å²) in [5.41, 5.74) is 1.15. The Morgan fingerprint density at radius 3 is 2.94 bits per heavy atom. The second kappa shape index (κ2) is 3.78. The predicted molar refractivity (Wildman–Crippen MR) is 64.5 cm³/mol. The molecule has 0 radical (unpaired) electrons. The van der Waals surface area contributed by atoms with Gasteiger partial charge in [-0.3, -0.25) is 4.98 Å². The fraction of sp³-hybridized carbons (Fsp3) is 0. The first-order valence-corrected chi connectivity index (χ1v) is 5.75. The van der Waals surface area contributed by atoms with Crippen molar-refractivity contribution in [3.63, 3.8) is 0 Å². The number of hydrogen-bond acceptors (Lipinski definition) is 4. The van der Waals surface area contributed by atoms with Crippen LogP contribution in [-0.2, 0) is 0 Å². The third kappa shape index (κ3) is 1.74. The standard InChI is InChI=1S/C12H7FN2OS/c13-7-1-2-10(16)8(5-7)12-15-9-6-14-4-3-11(9)17-12/h1-6,16H. The Morgan fingerprint density at radius 2 is 2.12 bits per heavy atom. The van der Waals surface area contributed by atoms with Gasteiger partial charge >= 0.3 is 0 Å². The van der Waals surface area contributed by atoms with Crippen LogP contribution in [0.1, 0.15) is 0 Å². The summed E-state index contributed by atoms with van der Waals surface area (Å²) >= 11 is 1.40. The molecule has 0 saturated carbocycles. The molecule has 0 unspecified atom stereocenters. The molecule has 3 aromatic rings. The van der Waals surface area contributed by atoms with Crippen molar-refractivity contribution in [2.75, 3.05) is 0 Å². The van der Waals surface area contributed by atoms with E-state index in [1.807, 2.05) is 6.07 Å². The topological polar surface area (TPSA) is 46.0 Å². The summed E-state index contributed by atoms with van der Waals surface area (Å²) in [6, 6.07) is 5.66. The molecule has 3 rings (SSSR count). The van der Waals surface area contributed by atoms with Gasteiger partial charge in [0.2, 0.25) is 0 Å². The number of fused-ring (bicyclic) bond motifs is 1. The molecule has 0 atom stereocenters. The lowest BCUT2D eigenvalue weighted by molar-refractivity contribution is 0.475. The van der Waals surface area contributed by atoms with Crippen molar-refractivity contribution < 1.29 is 9.50 Å². The summed E-state index contributed by atoms with van der Waals surface area (Å²) in [5.74, 6) is -0.367. The Bertz CT molecular complexity index is 663. The number of phenols is 1.